The first-order valence-corrected chi connectivity index (χ1v) is 17.3. The Kier molecular flexibility index (Phi) is 11.6. The first-order valence-electron chi connectivity index (χ1n) is 17.3. The fourth-order valence-corrected chi connectivity index (χ4v) is 7.10. The fraction of sp³-hybridized carbons (Fsp3) is 0.553. The molecule has 254 valence electrons. The van der Waals surface area contributed by atoms with Gasteiger partial charge in [0.05, 0.1) is 19.9 Å². The largest absolute Gasteiger partial charge is 0.496 e. The molecule has 0 saturated heterocycles. The molecule has 0 radical (unpaired) electrons. The van der Waals surface area contributed by atoms with Gasteiger partial charge in [-0.1, -0.05) is 24.3 Å². The lowest BCUT2D eigenvalue weighted by atomic mass is 9.78. The van der Waals surface area contributed by atoms with Crippen molar-refractivity contribution in [1.29, 1.82) is 0 Å². The third-order valence-corrected chi connectivity index (χ3v) is 9.89. The van der Waals surface area contributed by atoms with Crippen molar-refractivity contribution in [1.82, 2.24) is 15.1 Å². The number of aromatic nitrogens is 2. The maximum atomic E-state index is 14.3. The minimum absolute atomic E-state index is 0.0689. The lowest BCUT2D eigenvalue weighted by molar-refractivity contribution is -0.124. The van der Waals surface area contributed by atoms with Crippen molar-refractivity contribution in [3.8, 4) is 16.9 Å². The molecule has 2 saturated carbocycles. The molecule has 1 N–H and O–H groups in total. The van der Waals surface area contributed by atoms with Gasteiger partial charge in [0.2, 0.25) is 5.91 Å². The van der Waals surface area contributed by atoms with E-state index in [1.165, 1.54) is 12.5 Å². The van der Waals surface area contributed by atoms with Gasteiger partial charge in [0.15, 0.2) is 0 Å². The summed E-state index contributed by atoms with van der Waals surface area (Å²) in [6.45, 7) is 8.32. The average Bonchev–Trinajstić information content (AvgIpc) is 3.58. The quantitative estimate of drug-likeness (QED) is 0.226. The van der Waals surface area contributed by atoms with Crippen LogP contribution in [0.5, 0.6) is 5.75 Å². The van der Waals surface area contributed by atoms with Crippen molar-refractivity contribution in [3.05, 3.63) is 66.0 Å². The highest BCUT2D eigenvalue weighted by atomic mass is 19.1. The summed E-state index contributed by atoms with van der Waals surface area (Å²) in [6.07, 6.45) is 8.81. The number of aryl methyl sites for hydroxylation is 1. The normalized spacial score (nSPS) is 22.0. The predicted molar refractivity (Wildman–Crippen MR) is 184 cm³/mol. The minimum atomic E-state index is -1.13. The van der Waals surface area contributed by atoms with Crippen molar-refractivity contribution in [2.75, 3.05) is 25.1 Å². The van der Waals surface area contributed by atoms with Gasteiger partial charge in [0.1, 0.15) is 18.0 Å². The molecule has 3 aromatic rings. The summed E-state index contributed by atoms with van der Waals surface area (Å²) < 4.78 is 26.1. The monoisotopic (exact) mass is 646 g/mol. The molecule has 1 unspecified atom stereocenters. The predicted octanol–water partition coefficient (Wildman–Crippen LogP) is 8.40. The number of halogens is 1. The Morgan fingerprint density at radius 3 is 2.38 bits per heavy atom. The number of carbonyl (C=O) groups is 2. The number of benzene rings is 2. The molecule has 1 atom stereocenters. The number of hydrogen-bond acceptors (Lipinski definition) is 5. The number of ether oxygens (including phenoxy) is 2. The first kappa shape index (κ1) is 34.5. The number of anilines is 1. The fourth-order valence-electron chi connectivity index (χ4n) is 7.10. The number of nitrogens with one attached hydrogen (secondary N) is 1. The topological polar surface area (TPSA) is 85.7 Å². The summed E-state index contributed by atoms with van der Waals surface area (Å²) in [5, 5.41) is 7.01. The summed E-state index contributed by atoms with van der Waals surface area (Å²) in [5.41, 5.74) is 5.52. The van der Waals surface area contributed by atoms with E-state index in [-0.39, 0.29) is 30.5 Å². The number of hydrogen-bond donors (Lipinski definition) is 1. The molecular weight excluding hydrogens is 595 g/mol. The second kappa shape index (κ2) is 15.8. The van der Waals surface area contributed by atoms with Crippen molar-refractivity contribution < 1.29 is 23.5 Å². The van der Waals surface area contributed by atoms with Gasteiger partial charge in [-0.2, -0.15) is 5.10 Å². The van der Waals surface area contributed by atoms with Crippen LogP contribution in [0.1, 0.15) is 95.2 Å². The first-order chi connectivity index (χ1) is 22.6. The zero-order valence-corrected chi connectivity index (χ0v) is 28.6. The molecule has 5 rings (SSSR count). The third-order valence-electron chi connectivity index (χ3n) is 9.89. The Hall–Kier alpha value is -3.88. The molecule has 9 heteroatoms. The molecule has 47 heavy (non-hydrogen) atoms. The second-order valence-corrected chi connectivity index (χ2v) is 13.8. The highest BCUT2D eigenvalue weighted by Gasteiger charge is 2.34. The smallest absolute Gasteiger partial charge is 0.407 e. The van der Waals surface area contributed by atoms with Gasteiger partial charge in [0.25, 0.3) is 0 Å². The van der Waals surface area contributed by atoms with Gasteiger partial charge in [0, 0.05) is 36.0 Å². The van der Waals surface area contributed by atoms with Gasteiger partial charge >= 0.3 is 6.09 Å². The van der Waals surface area contributed by atoms with Crippen molar-refractivity contribution in [3.63, 3.8) is 0 Å². The van der Waals surface area contributed by atoms with Crippen LogP contribution in [0.3, 0.4) is 0 Å². The lowest BCUT2D eigenvalue weighted by Gasteiger charge is -2.36. The van der Waals surface area contributed by atoms with Gasteiger partial charge in [-0.15, -0.1) is 0 Å². The molecule has 2 fully saturated rings. The van der Waals surface area contributed by atoms with Gasteiger partial charge in [-0.05, 0) is 126 Å². The Labute approximate surface area is 279 Å². The van der Waals surface area contributed by atoms with Crippen LogP contribution < -0.4 is 15.0 Å². The van der Waals surface area contributed by atoms with E-state index in [1.807, 2.05) is 27.9 Å². The molecule has 2 amide bonds. The number of alkyl carbamates (subject to hydrolysis) is 1. The van der Waals surface area contributed by atoms with Crippen LogP contribution in [0.15, 0.2) is 54.9 Å². The van der Waals surface area contributed by atoms with E-state index in [2.05, 4.69) is 67.7 Å². The molecule has 2 aliphatic carbocycles. The number of alkyl halides is 1. The number of methoxy groups -OCH3 is 1. The molecule has 0 bridgehead atoms. The van der Waals surface area contributed by atoms with Crippen LogP contribution in [0.2, 0.25) is 0 Å². The maximum Gasteiger partial charge on any atom is 0.407 e. The minimum Gasteiger partial charge on any atom is -0.496 e. The molecule has 0 aliphatic heterocycles. The van der Waals surface area contributed by atoms with E-state index in [0.717, 1.165) is 53.8 Å². The molecular formula is C38H51FN4O4. The van der Waals surface area contributed by atoms with E-state index >= 15 is 0 Å². The van der Waals surface area contributed by atoms with Crippen LogP contribution in [0.4, 0.5) is 14.9 Å². The highest BCUT2D eigenvalue weighted by Crippen LogP contribution is 2.39. The van der Waals surface area contributed by atoms with E-state index < -0.39 is 12.3 Å². The highest BCUT2D eigenvalue weighted by molar-refractivity contribution is 5.95. The summed E-state index contributed by atoms with van der Waals surface area (Å²) in [4.78, 5) is 28.5. The SMILES string of the molecule is COc1ccc([C@H]2CC[C@H](CN(c3cccc(-c4cnn(C(C)C)c4)c3)C(=O)[C@H]3CC[C@H](OC(=O)NCC(C)F)CC3)CC2)cc1C. The lowest BCUT2D eigenvalue weighted by Crippen LogP contribution is -2.42. The van der Waals surface area contributed by atoms with Crippen LogP contribution in [-0.4, -0.2) is 54.3 Å². The molecule has 1 aromatic heterocycles. The Morgan fingerprint density at radius 1 is 1.00 bits per heavy atom. The third kappa shape index (κ3) is 8.93. The van der Waals surface area contributed by atoms with Crippen molar-refractivity contribution in [2.45, 2.75) is 103 Å². The maximum absolute atomic E-state index is 14.3. The van der Waals surface area contributed by atoms with Crippen LogP contribution >= 0.6 is 0 Å². The molecule has 1 heterocycles. The second-order valence-electron chi connectivity index (χ2n) is 13.8. The number of rotatable bonds is 11. The van der Waals surface area contributed by atoms with Crippen LogP contribution in [0, 0.1) is 18.8 Å². The number of carbonyl (C=O) groups excluding carboxylic acids is 2. The molecule has 8 nitrogen and oxygen atoms in total. The van der Waals surface area contributed by atoms with Gasteiger partial charge in [-0.25, -0.2) is 9.18 Å². The van der Waals surface area contributed by atoms with E-state index in [4.69, 9.17) is 9.47 Å². The van der Waals surface area contributed by atoms with Gasteiger partial charge in [-0.3, -0.25) is 9.48 Å². The van der Waals surface area contributed by atoms with E-state index in [1.54, 1.807) is 7.11 Å². The Balaban J connectivity index is 1.29. The van der Waals surface area contributed by atoms with Crippen molar-refractivity contribution in [2.24, 2.45) is 11.8 Å². The Bertz CT molecular complexity index is 1490. The van der Waals surface area contributed by atoms with E-state index in [9.17, 15) is 14.0 Å². The molecule has 0 spiro atoms. The molecule has 2 aromatic carbocycles. The Morgan fingerprint density at radius 2 is 1.74 bits per heavy atom. The average molecular weight is 647 g/mol. The van der Waals surface area contributed by atoms with Gasteiger partial charge < -0.3 is 19.7 Å². The zero-order chi connectivity index (χ0) is 33.5. The summed E-state index contributed by atoms with van der Waals surface area (Å²) >= 11 is 0. The number of amides is 2. The summed E-state index contributed by atoms with van der Waals surface area (Å²) in [6, 6.07) is 15.1. The van der Waals surface area contributed by atoms with E-state index in [0.29, 0.717) is 44.1 Å². The summed E-state index contributed by atoms with van der Waals surface area (Å²) in [7, 11) is 1.71. The molecule has 2 aliphatic rings. The van der Waals surface area contributed by atoms with Crippen LogP contribution in [0.25, 0.3) is 11.1 Å². The zero-order valence-electron chi connectivity index (χ0n) is 28.6. The van der Waals surface area contributed by atoms with Crippen molar-refractivity contribution >= 4 is 17.7 Å². The standard InChI is InChI=1S/C38H51FN4O4/c1-25(2)43-24-33(22-41-43)31-7-6-8-34(20-31)42(37(44)30-13-16-35(17-14-30)47-38(45)40-21-27(4)39)23-28-9-11-29(12-10-28)32-15-18-36(46-5)26(3)19-32/h6-8,15,18-20,22,24-25,27-30,35H,9-14,16-17,21,23H2,1-5H3,(H,40,45)/t27?,28-,29-,30-,35-. The summed E-state index contributed by atoms with van der Waals surface area (Å²) in [5.74, 6) is 1.84. The van der Waals surface area contributed by atoms with Crippen LogP contribution in [-0.2, 0) is 9.53 Å². The number of nitrogens with zero attached hydrogens (tertiary/aromatic N) is 3.